The molecule has 0 aliphatic carbocycles. The number of carbonyl (C=O) groups is 2. The molecule has 0 bridgehead atoms. The molecule has 21 heavy (non-hydrogen) atoms. The predicted molar refractivity (Wildman–Crippen MR) is 80.9 cm³/mol. The molecule has 1 aliphatic rings. The molecular weight excluding hydrogens is 338 g/mol. The Morgan fingerprint density at radius 3 is 2.90 bits per heavy atom. The van der Waals surface area contributed by atoms with E-state index in [0.29, 0.717) is 6.61 Å². The Morgan fingerprint density at radius 2 is 2.29 bits per heavy atom. The van der Waals surface area contributed by atoms with Crippen LogP contribution in [0, 0.1) is 0 Å². The number of rotatable bonds is 6. The largest absolute Gasteiger partial charge is 0.481 e. The van der Waals surface area contributed by atoms with Crippen LogP contribution in [-0.2, 0) is 14.3 Å². The van der Waals surface area contributed by atoms with E-state index in [9.17, 15) is 9.59 Å². The number of ether oxygens (including phenoxy) is 1. The van der Waals surface area contributed by atoms with Crippen LogP contribution in [0.1, 0.15) is 37.3 Å². The Morgan fingerprint density at radius 1 is 1.48 bits per heavy atom. The molecule has 2 atom stereocenters. The highest BCUT2D eigenvalue weighted by molar-refractivity contribution is 9.10. The van der Waals surface area contributed by atoms with Gasteiger partial charge in [-0.05, 0) is 30.5 Å². The number of carboxylic acids is 1. The first-order valence-corrected chi connectivity index (χ1v) is 7.72. The predicted octanol–water partition coefficient (Wildman–Crippen LogP) is 2.65. The summed E-state index contributed by atoms with van der Waals surface area (Å²) in [4.78, 5) is 23.1. The maximum Gasteiger partial charge on any atom is 0.305 e. The number of carbonyl (C=O) groups excluding carboxylic acids is 1. The summed E-state index contributed by atoms with van der Waals surface area (Å²) in [5.41, 5.74) is 0.771. The van der Waals surface area contributed by atoms with Gasteiger partial charge in [0.2, 0.25) is 5.91 Å². The molecule has 1 amide bonds. The molecule has 0 radical (unpaired) electrons. The third-order valence-corrected chi connectivity index (χ3v) is 3.90. The molecule has 1 saturated heterocycles. The van der Waals surface area contributed by atoms with Crippen LogP contribution in [0.2, 0.25) is 0 Å². The van der Waals surface area contributed by atoms with Crippen LogP contribution in [0.5, 0.6) is 0 Å². The summed E-state index contributed by atoms with van der Waals surface area (Å²) in [6, 6.07) is 6.77. The zero-order valence-corrected chi connectivity index (χ0v) is 13.1. The van der Waals surface area contributed by atoms with Gasteiger partial charge in [0.25, 0.3) is 0 Å². The highest BCUT2D eigenvalue weighted by Crippen LogP contribution is 2.22. The molecule has 0 unspecified atom stereocenters. The van der Waals surface area contributed by atoms with Crippen LogP contribution in [-0.4, -0.2) is 29.7 Å². The number of amides is 1. The smallest absolute Gasteiger partial charge is 0.305 e. The van der Waals surface area contributed by atoms with Crippen LogP contribution in [0.25, 0.3) is 0 Å². The van der Waals surface area contributed by atoms with Gasteiger partial charge < -0.3 is 15.2 Å². The zero-order valence-electron chi connectivity index (χ0n) is 11.5. The molecule has 5 nitrogen and oxygen atoms in total. The summed E-state index contributed by atoms with van der Waals surface area (Å²) in [6.45, 7) is 0.697. The van der Waals surface area contributed by atoms with Crippen molar-refractivity contribution in [2.45, 2.75) is 37.8 Å². The fourth-order valence-electron chi connectivity index (χ4n) is 2.42. The fourth-order valence-corrected chi connectivity index (χ4v) is 2.83. The SMILES string of the molecule is O=C(O)C[C@H](NC(=O)C[C@@H]1CCCO1)c1cccc(Br)c1. The molecule has 1 fully saturated rings. The van der Waals surface area contributed by atoms with E-state index >= 15 is 0 Å². The molecule has 1 aliphatic heterocycles. The first-order valence-electron chi connectivity index (χ1n) is 6.93. The van der Waals surface area contributed by atoms with Gasteiger partial charge in [0.15, 0.2) is 0 Å². The lowest BCUT2D eigenvalue weighted by Crippen LogP contribution is -2.32. The second-order valence-corrected chi connectivity index (χ2v) is 6.03. The van der Waals surface area contributed by atoms with E-state index in [1.807, 2.05) is 24.3 Å². The number of aliphatic carboxylic acids is 1. The third kappa shape index (κ3) is 5.13. The quantitative estimate of drug-likeness (QED) is 0.822. The van der Waals surface area contributed by atoms with Crippen molar-refractivity contribution in [1.29, 1.82) is 0 Å². The van der Waals surface area contributed by atoms with Gasteiger partial charge in [0, 0.05) is 11.1 Å². The van der Waals surface area contributed by atoms with Crippen molar-refractivity contribution >= 4 is 27.8 Å². The molecule has 2 rings (SSSR count). The van der Waals surface area contributed by atoms with Gasteiger partial charge in [-0.3, -0.25) is 9.59 Å². The Labute approximate surface area is 131 Å². The molecule has 1 aromatic rings. The number of halogens is 1. The maximum atomic E-state index is 12.1. The maximum absolute atomic E-state index is 12.1. The zero-order chi connectivity index (χ0) is 15.2. The summed E-state index contributed by atoms with van der Waals surface area (Å²) < 4.78 is 6.28. The van der Waals surface area contributed by atoms with E-state index in [1.54, 1.807) is 0 Å². The van der Waals surface area contributed by atoms with Crippen molar-refractivity contribution in [3.8, 4) is 0 Å². The summed E-state index contributed by atoms with van der Waals surface area (Å²) in [6.07, 6.45) is 1.95. The van der Waals surface area contributed by atoms with E-state index < -0.39 is 12.0 Å². The van der Waals surface area contributed by atoms with Crippen LogP contribution in [0.15, 0.2) is 28.7 Å². The van der Waals surface area contributed by atoms with E-state index in [1.165, 1.54) is 0 Å². The number of hydrogen-bond acceptors (Lipinski definition) is 3. The van der Waals surface area contributed by atoms with Gasteiger partial charge in [-0.2, -0.15) is 0 Å². The van der Waals surface area contributed by atoms with Gasteiger partial charge >= 0.3 is 5.97 Å². The summed E-state index contributed by atoms with van der Waals surface area (Å²) in [5.74, 6) is -1.12. The van der Waals surface area contributed by atoms with Gasteiger partial charge in [-0.25, -0.2) is 0 Å². The van der Waals surface area contributed by atoms with E-state index in [4.69, 9.17) is 9.84 Å². The van der Waals surface area contributed by atoms with Gasteiger partial charge in [0.1, 0.15) is 0 Å². The number of benzene rings is 1. The van der Waals surface area contributed by atoms with E-state index in [-0.39, 0.29) is 24.9 Å². The standard InChI is InChI=1S/C15H18BrNO4/c16-11-4-1-3-10(7-11)13(9-15(19)20)17-14(18)8-12-5-2-6-21-12/h1,3-4,7,12-13H,2,5-6,8-9H2,(H,17,18)(H,19,20)/t12-,13-/m0/s1. The van der Waals surface area contributed by atoms with Gasteiger partial charge in [-0.1, -0.05) is 28.1 Å². The second kappa shape index (κ2) is 7.56. The Balaban J connectivity index is 2.01. The highest BCUT2D eigenvalue weighted by Gasteiger charge is 2.23. The van der Waals surface area contributed by atoms with Crippen molar-refractivity contribution in [2.75, 3.05) is 6.61 Å². The van der Waals surface area contributed by atoms with Crippen molar-refractivity contribution < 1.29 is 19.4 Å². The van der Waals surface area contributed by atoms with Crippen LogP contribution in [0.3, 0.4) is 0 Å². The number of carboxylic acid groups (broad SMARTS) is 1. The summed E-state index contributed by atoms with van der Waals surface area (Å²) >= 11 is 3.35. The molecule has 2 N–H and O–H groups in total. The Kier molecular flexibility index (Phi) is 5.76. The van der Waals surface area contributed by atoms with Crippen molar-refractivity contribution in [1.82, 2.24) is 5.32 Å². The minimum absolute atomic E-state index is 0.0435. The van der Waals surface area contributed by atoms with E-state index in [0.717, 1.165) is 22.9 Å². The van der Waals surface area contributed by atoms with Crippen LogP contribution in [0.4, 0.5) is 0 Å². The summed E-state index contributed by atoms with van der Waals surface area (Å²) in [5, 5.41) is 11.8. The average molecular weight is 356 g/mol. The fraction of sp³-hybridized carbons (Fsp3) is 0.467. The number of hydrogen-bond donors (Lipinski definition) is 2. The first kappa shape index (κ1) is 16.0. The lowest BCUT2D eigenvalue weighted by Gasteiger charge is -2.19. The normalized spacial score (nSPS) is 19.2. The molecule has 0 saturated carbocycles. The molecular formula is C15H18BrNO4. The summed E-state index contributed by atoms with van der Waals surface area (Å²) in [7, 11) is 0. The Hall–Kier alpha value is -1.40. The minimum Gasteiger partial charge on any atom is -0.481 e. The molecule has 0 aromatic heterocycles. The van der Waals surface area contributed by atoms with Crippen LogP contribution < -0.4 is 5.32 Å². The first-order chi connectivity index (χ1) is 10.0. The highest BCUT2D eigenvalue weighted by atomic mass is 79.9. The van der Waals surface area contributed by atoms with Crippen LogP contribution >= 0.6 is 15.9 Å². The third-order valence-electron chi connectivity index (χ3n) is 3.40. The van der Waals surface area contributed by atoms with Crippen molar-refractivity contribution in [2.24, 2.45) is 0 Å². The van der Waals surface area contributed by atoms with Gasteiger partial charge in [0.05, 0.1) is 25.0 Å². The lowest BCUT2D eigenvalue weighted by molar-refractivity contribution is -0.137. The molecule has 6 heteroatoms. The van der Waals surface area contributed by atoms with E-state index in [2.05, 4.69) is 21.2 Å². The lowest BCUT2D eigenvalue weighted by atomic mass is 10.0. The second-order valence-electron chi connectivity index (χ2n) is 5.11. The Bertz CT molecular complexity index is 514. The monoisotopic (exact) mass is 355 g/mol. The average Bonchev–Trinajstić information content (AvgIpc) is 2.90. The minimum atomic E-state index is -0.947. The van der Waals surface area contributed by atoms with Crippen molar-refractivity contribution in [3.05, 3.63) is 34.3 Å². The molecule has 1 heterocycles. The molecule has 1 aromatic carbocycles. The molecule has 0 spiro atoms. The topological polar surface area (TPSA) is 75.6 Å². The van der Waals surface area contributed by atoms with Gasteiger partial charge in [-0.15, -0.1) is 0 Å². The molecule has 114 valence electrons. The van der Waals surface area contributed by atoms with Crippen molar-refractivity contribution in [3.63, 3.8) is 0 Å². The number of nitrogens with one attached hydrogen (secondary N) is 1.